The van der Waals surface area contributed by atoms with Crippen LogP contribution in [0.15, 0.2) is 0 Å². The zero-order valence-electron chi connectivity index (χ0n) is 17.4. The molecule has 0 aliphatic carbocycles. The van der Waals surface area contributed by atoms with Crippen molar-refractivity contribution >= 4 is 12.1 Å². The van der Waals surface area contributed by atoms with E-state index in [2.05, 4.69) is 6.92 Å². The van der Waals surface area contributed by atoms with E-state index in [4.69, 9.17) is 9.47 Å². The third kappa shape index (κ3) is 15.0. The fourth-order valence-corrected chi connectivity index (χ4v) is 2.85. The second kappa shape index (κ2) is 18.5. The average Bonchev–Trinajstić information content (AvgIpc) is 2.63. The second-order valence-corrected chi connectivity index (χ2v) is 6.82. The van der Waals surface area contributed by atoms with E-state index in [0.717, 1.165) is 12.8 Å². The van der Waals surface area contributed by atoms with Crippen molar-refractivity contribution < 1.29 is 19.1 Å². The van der Waals surface area contributed by atoms with Crippen LogP contribution in [0.1, 0.15) is 97.8 Å². The highest BCUT2D eigenvalue weighted by atomic mass is 16.6. The van der Waals surface area contributed by atoms with Gasteiger partial charge < -0.3 is 9.47 Å². The van der Waals surface area contributed by atoms with Gasteiger partial charge in [-0.1, -0.05) is 77.6 Å². The fourth-order valence-electron chi connectivity index (χ4n) is 2.85. The molecule has 0 heterocycles. The quantitative estimate of drug-likeness (QED) is 0.243. The van der Waals surface area contributed by atoms with Gasteiger partial charge in [-0.3, -0.25) is 9.69 Å². The lowest BCUT2D eigenvalue weighted by Gasteiger charge is -2.18. The Balaban J connectivity index is 3.43. The predicted octanol–water partition coefficient (Wildman–Crippen LogP) is 5.71. The van der Waals surface area contributed by atoms with Crippen LogP contribution in [0.5, 0.6) is 0 Å². The topological polar surface area (TPSA) is 55.8 Å². The van der Waals surface area contributed by atoms with Crippen molar-refractivity contribution in [3.8, 4) is 0 Å². The molecule has 0 N–H and O–H groups in total. The summed E-state index contributed by atoms with van der Waals surface area (Å²) in [5.41, 5.74) is 0. The molecule has 154 valence electrons. The van der Waals surface area contributed by atoms with Gasteiger partial charge in [-0.15, -0.1) is 0 Å². The van der Waals surface area contributed by atoms with Crippen molar-refractivity contribution in [1.82, 2.24) is 4.90 Å². The van der Waals surface area contributed by atoms with Crippen LogP contribution in [0.25, 0.3) is 0 Å². The Morgan fingerprint density at radius 3 is 1.65 bits per heavy atom. The van der Waals surface area contributed by atoms with Crippen LogP contribution in [-0.2, 0) is 14.3 Å². The summed E-state index contributed by atoms with van der Waals surface area (Å²) in [6, 6.07) is 0. The molecule has 0 radical (unpaired) electrons. The molecule has 5 heteroatoms. The Labute approximate surface area is 160 Å². The molecule has 0 aliphatic heterocycles. The molecular formula is C21H41NO4. The lowest BCUT2D eigenvalue weighted by Crippen LogP contribution is -2.36. The van der Waals surface area contributed by atoms with E-state index in [0.29, 0.717) is 19.8 Å². The first-order valence-electron chi connectivity index (χ1n) is 10.7. The number of nitrogens with zero attached hydrogens (tertiary/aromatic N) is 1. The van der Waals surface area contributed by atoms with Crippen LogP contribution < -0.4 is 0 Å². The number of unbranched alkanes of at least 4 members (excludes halogenated alkanes) is 11. The smallest absolute Gasteiger partial charge is 0.410 e. The summed E-state index contributed by atoms with van der Waals surface area (Å²) in [6.07, 6.45) is 14.9. The number of rotatable bonds is 17. The van der Waals surface area contributed by atoms with E-state index in [1.807, 2.05) is 6.92 Å². The molecule has 0 spiro atoms. The summed E-state index contributed by atoms with van der Waals surface area (Å²) in [4.78, 5) is 24.7. The van der Waals surface area contributed by atoms with Gasteiger partial charge in [0.25, 0.3) is 0 Å². The van der Waals surface area contributed by atoms with E-state index in [1.165, 1.54) is 69.1 Å². The molecule has 0 bridgehead atoms. The first-order valence-corrected chi connectivity index (χ1v) is 10.7. The fraction of sp³-hybridized carbons (Fsp3) is 0.905. The van der Waals surface area contributed by atoms with Crippen molar-refractivity contribution in [3.05, 3.63) is 0 Å². The molecule has 1 amide bonds. The third-order valence-electron chi connectivity index (χ3n) is 4.49. The van der Waals surface area contributed by atoms with E-state index in [9.17, 15) is 9.59 Å². The van der Waals surface area contributed by atoms with Gasteiger partial charge in [0.2, 0.25) is 0 Å². The highest BCUT2D eigenvalue weighted by molar-refractivity contribution is 5.78. The standard InChI is InChI=1S/C21H41NO4/c1-4-7-8-9-10-11-12-13-14-15-16-17-18-26-20(23)19-22(5-2)21(24)25-6-3/h4-19H2,1-3H3. The maximum Gasteiger partial charge on any atom is 0.410 e. The molecule has 0 fully saturated rings. The molecule has 5 nitrogen and oxygen atoms in total. The van der Waals surface area contributed by atoms with Crippen LogP contribution in [0, 0.1) is 0 Å². The Bertz CT molecular complexity index is 347. The van der Waals surface area contributed by atoms with Gasteiger partial charge in [0.1, 0.15) is 6.54 Å². The van der Waals surface area contributed by atoms with Crippen molar-refractivity contribution in [2.75, 3.05) is 26.3 Å². The molecule has 0 aliphatic rings. The molecule has 0 aromatic heterocycles. The highest BCUT2D eigenvalue weighted by Gasteiger charge is 2.16. The van der Waals surface area contributed by atoms with Crippen LogP contribution >= 0.6 is 0 Å². The maximum absolute atomic E-state index is 11.8. The Hall–Kier alpha value is -1.26. The number of hydrogen-bond acceptors (Lipinski definition) is 4. The molecular weight excluding hydrogens is 330 g/mol. The minimum absolute atomic E-state index is 0.0341. The number of likely N-dealkylation sites (N-methyl/N-ethyl adjacent to an activating group) is 1. The summed E-state index contributed by atoms with van der Waals surface area (Å²) < 4.78 is 10.1. The number of carbonyl (C=O) groups excluding carboxylic acids is 2. The largest absolute Gasteiger partial charge is 0.464 e. The Morgan fingerprint density at radius 1 is 0.692 bits per heavy atom. The monoisotopic (exact) mass is 371 g/mol. The van der Waals surface area contributed by atoms with Crippen molar-refractivity contribution in [2.45, 2.75) is 97.8 Å². The predicted molar refractivity (Wildman–Crippen MR) is 106 cm³/mol. The normalized spacial score (nSPS) is 10.6. The van der Waals surface area contributed by atoms with Gasteiger partial charge in [0.15, 0.2) is 0 Å². The summed E-state index contributed by atoms with van der Waals surface area (Å²) >= 11 is 0. The first kappa shape index (κ1) is 24.7. The van der Waals surface area contributed by atoms with Gasteiger partial charge in [-0.2, -0.15) is 0 Å². The molecule has 0 aromatic carbocycles. The van der Waals surface area contributed by atoms with E-state index in [1.54, 1.807) is 6.92 Å². The minimum atomic E-state index is -0.461. The van der Waals surface area contributed by atoms with Crippen LogP contribution in [-0.4, -0.2) is 43.3 Å². The summed E-state index contributed by atoms with van der Waals surface area (Å²) in [5, 5.41) is 0. The molecule has 0 atom stereocenters. The molecule has 0 unspecified atom stereocenters. The number of amides is 1. The van der Waals surface area contributed by atoms with Gasteiger partial charge >= 0.3 is 12.1 Å². The minimum Gasteiger partial charge on any atom is -0.464 e. The second-order valence-electron chi connectivity index (χ2n) is 6.82. The van der Waals surface area contributed by atoms with Crippen molar-refractivity contribution in [1.29, 1.82) is 0 Å². The lowest BCUT2D eigenvalue weighted by molar-refractivity contribution is -0.144. The number of carbonyl (C=O) groups is 2. The van der Waals surface area contributed by atoms with Crippen LogP contribution in [0.4, 0.5) is 4.79 Å². The molecule has 26 heavy (non-hydrogen) atoms. The van der Waals surface area contributed by atoms with Gasteiger partial charge in [0.05, 0.1) is 13.2 Å². The Kier molecular flexibility index (Phi) is 17.6. The molecule has 0 aromatic rings. The Morgan fingerprint density at radius 2 is 1.19 bits per heavy atom. The van der Waals surface area contributed by atoms with Crippen molar-refractivity contribution in [2.24, 2.45) is 0 Å². The van der Waals surface area contributed by atoms with E-state index >= 15 is 0 Å². The van der Waals surface area contributed by atoms with Crippen LogP contribution in [0.2, 0.25) is 0 Å². The maximum atomic E-state index is 11.8. The average molecular weight is 372 g/mol. The van der Waals surface area contributed by atoms with Crippen LogP contribution in [0.3, 0.4) is 0 Å². The summed E-state index contributed by atoms with van der Waals surface area (Å²) in [7, 11) is 0. The summed E-state index contributed by atoms with van der Waals surface area (Å²) in [6.45, 7) is 6.97. The molecule has 0 saturated heterocycles. The first-order chi connectivity index (χ1) is 12.7. The number of ether oxygens (including phenoxy) is 2. The third-order valence-corrected chi connectivity index (χ3v) is 4.49. The van der Waals surface area contributed by atoms with Crippen molar-refractivity contribution in [3.63, 3.8) is 0 Å². The van der Waals surface area contributed by atoms with E-state index < -0.39 is 6.09 Å². The molecule has 0 saturated carbocycles. The summed E-state index contributed by atoms with van der Waals surface area (Å²) in [5.74, 6) is -0.358. The zero-order valence-corrected chi connectivity index (χ0v) is 17.4. The van der Waals surface area contributed by atoms with E-state index in [-0.39, 0.29) is 12.5 Å². The van der Waals surface area contributed by atoms with Gasteiger partial charge in [-0.05, 0) is 20.3 Å². The number of hydrogen-bond donors (Lipinski definition) is 0. The van der Waals surface area contributed by atoms with Gasteiger partial charge in [-0.25, -0.2) is 4.79 Å². The SMILES string of the molecule is CCCCCCCCCCCCCCOC(=O)CN(CC)C(=O)OCC. The zero-order chi connectivity index (χ0) is 19.5. The number of esters is 1. The lowest BCUT2D eigenvalue weighted by atomic mass is 10.1. The van der Waals surface area contributed by atoms with Gasteiger partial charge in [0, 0.05) is 6.54 Å². The highest BCUT2D eigenvalue weighted by Crippen LogP contribution is 2.11. The molecule has 0 rings (SSSR count).